The molecule has 1 atom stereocenters. The van der Waals surface area contributed by atoms with Crippen molar-refractivity contribution in [1.29, 1.82) is 0 Å². The Morgan fingerprint density at radius 3 is 2.79 bits per heavy atom. The summed E-state index contributed by atoms with van der Waals surface area (Å²) < 4.78 is 19.6. The molecule has 1 aliphatic carbocycles. The Kier molecular flexibility index (Phi) is 3.25. The Morgan fingerprint density at radius 1 is 1.37 bits per heavy atom. The summed E-state index contributed by atoms with van der Waals surface area (Å²) in [6.07, 6.45) is 6.61. The first kappa shape index (κ1) is 12.9. The molecule has 1 saturated carbocycles. The lowest BCUT2D eigenvalue weighted by atomic mass is 9.73. The number of nitrogens with two attached hydrogens (primary N) is 1. The molecule has 1 fully saturated rings. The lowest BCUT2D eigenvalue weighted by Crippen LogP contribution is -2.45. The first-order valence-electron chi connectivity index (χ1n) is 7.36. The average molecular weight is 263 g/mol. The molecule has 0 radical (unpaired) electrons. The van der Waals surface area contributed by atoms with Gasteiger partial charge in [0.2, 0.25) is 0 Å². The van der Waals surface area contributed by atoms with Crippen LogP contribution in [0.15, 0.2) is 18.2 Å². The van der Waals surface area contributed by atoms with E-state index in [4.69, 9.17) is 10.5 Å². The van der Waals surface area contributed by atoms with Crippen LogP contribution >= 0.6 is 0 Å². The lowest BCUT2D eigenvalue weighted by molar-refractivity contribution is -0.0112. The van der Waals surface area contributed by atoms with Crippen molar-refractivity contribution in [3.8, 4) is 5.75 Å². The van der Waals surface area contributed by atoms with Gasteiger partial charge in [0.1, 0.15) is 17.2 Å². The quantitative estimate of drug-likeness (QED) is 0.832. The van der Waals surface area contributed by atoms with E-state index in [1.54, 1.807) is 6.07 Å². The SMILES string of the molecule is CCC1CCC2(CC1)C[C@@H](N)c1ccc(F)cc1O2. The molecule has 0 aromatic heterocycles. The van der Waals surface area contributed by atoms with E-state index in [0.29, 0.717) is 5.75 Å². The molecule has 1 aliphatic heterocycles. The number of benzene rings is 1. The van der Waals surface area contributed by atoms with E-state index >= 15 is 0 Å². The van der Waals surface area contributed by atoms with Gasteiger partial charge in [-0.2, -0.15) is 0 Å². The van der Waals surface area contributed by atoms with Crippen molar-refractivity contribution < 1.29 is 9.13 Å². The summed E-state index contributed by atoms with van der Waals surface area (Å²) >= 11 is 0. The van der Waals surface area contributed by atoms with Crippen LogP contribution in [0.5, 0.6) is 5.75 Å². The van der Waals surface area contributed by atoms with E-state index in [2.05, 4.69) is 6.92 Å². The fraction of sp³-hybridized carbons (Fsp3) is 0.625. The number of fused-ring (bicyclic) bond motifs is 1. The molecule has 2 N–H and O–H groups in total. The third-order valence-electron chi connectivity index (χ3n) is 4.89. The summed E-state index contributed by atoms with van der Waals surface area (Å²) in [6.45, 7) is 2.25. The summed E-state index contributed by atoms with van der Waals surface area (Å²) in [5.41, 5.74) is 7.07. The minimum atomic E-state index is -0.245. The van der Waals surface area contributed by atoms with Gasteiger partial charge in [-0.3, -0.25) is 0 Å². The maximum Gasteiger partial charge on any atom is 0.127 e. The lowest BCUT2D eigenvalue weighted by Gasteiger charge is -2.45. The Balaban J connectivity index is 1.84. The van der Waals surface area contributed by atoms with Gasteiger partial charge in [-0.1, -0.05) is 19.4 Å². The second-order valence-corrected chi connectivity index (χ2v) is 6.13. The van der Waals surface area contributed by atoms with Gasteiger partial charge in [0.25, 0.3) is 0 Å². The molecule has 1 heterocycles. The molecule has 2 nitrogen and oxygen atoms in total. The number of hydrogen-bond acceptors (Lipinski definition) is 2. The third-order valence-corrected chi connectivity index (χ3v) is 4.89. The van der Waals surface area contributed by atoms with Crippen molar-refractivity contribution in [2.75, 3.05) is 0 Å². The zero-order valence-corrected chi connectivity index (χ0v) is 11.5. The first-order chi connectivity index (χ1) is 9.12. The van der Waals surface area contributed by atoms with Gasteiger partial charge in [0.05, 0.1) is 0 Å². The Hall–Kier alpha value is -1.09. The standard InChI is InChI=1S/C16H22FNO/c1-2-11-5-7-16(8-6-11)10-14(18)13-4-3-12(17)9-15(13)19-16/h3-4,9,11,14H,2,5-8,10,18H2,1H3/t11?,14-,16?/m1/s1. The van der Waals surface area contributed by atoms with E-state index in [9.17, 15) is 4.39 Å². The Morgan fingerprint density at radius 2 is 2.11 bits per heavy atom. The Bertz CT molecular complexity index is 466. The smallest absolute Gasteiger partial charge is 0.127 e. The highest BCUT2D eigenvalue weighted by Gasteiger charge is 2.42. The molecule has 3 rings (SSSR count). The maximum absolute atomic E-state index is 13.4. The maximum atomic E-state index is 13.4. The number of hydrogen-bond donors (Lipinski definition) is 1. The first-order valence-corrected chi connectivity index (χ1v) is 7.36. The number of halogens is 1. The predicted octanol–water partition coefficient (Wildman–Crippen LogP) is 3.95. The van der Waals surface area contributed by atoms with Crippen molar-refractivity contribution >= 4 is 0 Å². The van der Waals surface area contributed by atoms with Crippen LogP contribution in [-0.4, -0.2) is 5.60 Å². The van der Waals surface area contributed by atoms with E-state index in [-0.39, 0.29) is 17.5 Å². The highest BCUT2D eigenvalue weighted by molar-refractivity contribution is 5.39. The average Bonchev–Trinajstić information content (AvgIpc) is 2.39. The summed E-state index contributed by atoms with van der Waals surface area (Å²) in [6, 6.07) is 4.69. The largest absolute Gasteiger partial charge is 0.487 e. The molecular weight excluding hydrogens is 241 g/mol. The molecule has 0 amide bonds. The fourth-order valence-electron chi connectivity index (χ4n) is 3.61. The Labute approximate surface area is 114 Å². The van der Waals surface area contributed by atoms with Crippen LogP contribution in [0.3, 0.4) is 0 Å². The summed E-state index contributed by atoms with van der Waals surface area (Å²) in [5, 5.41) is 0. The van der Waals surface area contributed by atoms with Crippen molar-refractivity contribution in [1.82, 2.24) is 0 Å². The van der Waals surface area contributed by atoms with Crippen LogP contribution in [0, 0.1) is 11.7 Å². The van der Waals surface area contributed by atoms with Crippen LogP contribution in [0.1, 0.15) is 57.1 Å². The van der Waals surface area contributed by atoms with Crippen LogP contribution in [0.4, 0.5) is 4.39 Å². The summed E-state index contributed by atoms with van der Waals surface area (Å²) in [5.74, 6) is 1.23. The molecule has 0 saturated heterocycles. The minimum Gasteiger partial charge on any atom is -0.487 e. The van der Waals surface area contributed by atoms with Crippen LogP contribution in [0.2, 0.25) is 0 Å². The summed E-state index contributed by atoms with van der Waals surface area (Å²) in [4.78, 5) is 0. The molecule has 0 bridgehead atoms. The molecular formula is C16H22FNO. The molecule has 19 heavy (non-hydrogen) atoms. The molecule has 0 unspecified atom stereocenters. The van der Waals surface area contributed by atoms with Gasteiger partial charge in [-0.15, -0.1) is 0 Å². The predicted molar refractivity (Wildman–Crippen MR) is 73.6 cm³/mol. The highest BCUT2D eigenvalue weighted by atomic mass is 19.1. The zero-order valence-electron chi connectivity index (χ0n) is 11.5. The van der Waals surface area contributed by atoms with E-state index in [0.717, 1.165) is 30.7 Å². The summed E-state index contributed by atoms with van der Waals surface area (Å²) in [7, 11) is 0. The number of rotatable bonds is 1. The van der Waals surface area contributed by atoms with Gasteiger partial charge in [0, 0.05) is 24.1 Å². The zero-order chi connectivity index (χ0) is 13.5. The van der Waals surface area contributed by atoms with Crippen molar-refractivity contribution in [2.24, 2.45) is 11.7 Å². The van der Waals surface area contributed by atoms with Gasteiger partial charge in [0.15, 0.2) is 0 Å². The second-order valence-electron chi connectivity index (χ2n) is 6.13. The molecule has 104 valence electrons. The monoisotopic (exact) mass is 263 g/mol. The third kappa shape index (κ3) is 2.36. The van der Waals surface area contributed by atoms with E-state index in [1.807, 2.05) is 0 Å². The topological polar surface area (TPSA) is 35.2 Å². The van der Waals surface area contributed by atoms with Gasteiger partial charge in [-0.05, 0) is 37.7 Å². The molecule has 1 aromatic carbocycles. The fourth-order valence-corrected chi connectivity index (χ4v) is 3.61. The van der Waals surface area contributed by atoms with Crippen molar-refractivity contribution in [3.63, 3.8) is 0 Å². The second kappa shape index (κ2) is 4.78. The van der Waals surface area contributed by atoms with Crippen molar-refractivity contribution in [3.05, 3.63) is 29.6 Å². The van der Waals surface area contributed by atoms with E-state index < -0.39 is 0 Å². The molecule has 3 heteroatoms. The van der Waals surface area contributed by atoms with Crippen LogP contribution in [0.25, 0.3) is 0 Å². The van der Waals surface area contributed by atoms with E-state index in [1.165, 1.54) is 31.4 Å². The molecule has 1 aromatic rings. The molecule has 2 aliphatic rings. The van der Waals surface area contributed by atoms with Gasteiger partial charge < -0.3 is 10.5 Å². The minimum absolute atomic E-state index is 0.0254. The highest BCUT2D eigenvalue weighted by Crippen LogP contribution is 2.46. The van der Waals surface area contributed by atoms with Gasteiger partial charge >= 0.3 is 0 Å². The molecule has 1 spiro atoms. The van der Waals surface area contributed by atoms with Crippen molar-refractivity contribution in [2.45, 2.75) is 57.1 Å². The number of ether oxygens (including phenoxy) is 1. The van der Waals surface area contributed by atoms with Crippen LogP contribution in [-0.2, 0) is 0 Å². The normalized spacial score (nSPS) is 33.8. The van der Waals surface area contributed by atoms with Gasteiger partial charge in [-0.25, -0.2) is 4.39 Å². The van der Waals surface area contributed by atoms with Crippen LogP contribution < -0.4 is 10.5 Å².